The number of likely N-dealkylation sites (tertiary alicyclic amines) is 1. The van der Waals surface area contributed by atoms with Gasteiger partial charge in [0.25, 0.3) is 5.56 Å². The third-order valence-electron chi connectivity index (χ3n) is 6.94. The number of halogens is 3. The summed E-state index contributed by atoms with van der Waals surface area (Å²) in [5.41, 5.74) is 0.00985. The molecule has 0 saturated carbocycles. The molecule has 4 heterocycles. The smallest absolute Gasteiger partial charge is 0.332 e. The van der Waals surface area contributed by atoms with E-state index < -0.39 is 48.3 Å². The van der Waals surface area contributed by atoms with Crippen molar-refractivity contribution in [2.45, 2.75) is 31.5 Å². The molecule has 0 spiro atoms. The molecular weight excluding hydrogens is 535 g/mol. The van der Waals surface area contributed by atoms with Crippen molar-refractivity contribution in [3.8, 4) is 16.3 Å². The summed E-state index contributed by atoms with van der Waals surface area (Å²) in [6.45, 7) is -1.68. The summed E-state index contributed by atoms with van der Waals surface area (Å²) >= 11 is 1.51. The van der Waals surface area contributed by atoms with Gasteiger partial charge in [0.2, 0.25) is 6.41 Å². The molecule has 0 bridgehead atoms. The second kappa shape index (κ2) is 11.1. The predicted molar refractivity (Wildman–Crippen MR) is 140 cm³/mol. The molecule has 0 unspecified atom stereocenters. The molecule has 13 heteroatoms. The van der Waals surface area contributed by atoms with E-state index in [4.69, 9.17) is 4.74 Å². The average Bonchev–Trinajstić information content (AvgIpc) is 3.61. The number of hydrogen-bond donors (Lipinski definition) is 0. The second-order valence-electron chi connectivity index (χ2n) is 9.39. The second-order valence-corrected chi connectivity index (χ2v) is 10.3. The lowest BCUT2D eigenvalue weighted by Gasteiger charge is -2.31. The normalized spacial score (nSPS) is 14.4. The van der Waals surface area contributed by atoms with Crippen molar-refractivity contribution >= 4 is 28.6 Å². The van der Waals surface area contributed by atoms with Gasteiger partial charge in [-0.05, 0) is 36.4 Å². The van der Waals surface area contributed by atoms with Gasteiger partial charge in [-0.3, -0.25) is 23.4 Å². The summed E-state index contributed by atoms with van der Waals surface area (Å²) in [4.78, 5) is 41.2. The molecule has 4 aromatic rings. The van der Waals surface area contributed by atoms with Crippen molar-refractivity contribution in [3.05, 3.63) is 68.1 Å². The molecule has 1 saturated heterocycles. The summed E-state index contributed by atoms with van der Waals surface area (Å²) in [6.07, 6.45) is 0.0569. The number of carbonyl (C=O) groups is 1. The Morgan fingerprint density at radius 2 is 1.92 bits per heavy atom. The van der Waals surface area contributed by atoms with E-state index in [0.717, 1.165) is 28.0 Å². The van der Waals surface area contributed by atoms with E-state index in [1.165, 1.54) is 15.9 Å². The number of piperidine rings is 1. The number of thiophene rings is 1. The van der Waals surface area contributed by atoms with Crippen LogP contribution in [0, 0.1) is 5.82 Å². The minimum atomic E-state index is -1.53. The first-order valence-corrected chi connectivity index (χ1v) is 13.3. The molecule has 0 radical (unpaired) electrons. The van der Waals surface area contributed by atoms with E-state index in [9.17, 15) is 23.2 Å². The quantitative estimate of drug-likeness (QED) is 0.293. The van der Waals surface area contributed by atoms with Crippen LogP contribution in [0.5, 0.6) is 5.75 Å². The highest BCUT2D eigenvalue weighted by molar-refractivity contribution is 7.13. The maximum Gasteiger partial charge on any atom is 0.332 e. The number of fused-ring (bicyclic) bond motifs is 1. The number of rotatable bonds is 9. The average molecular weight is 562 g/mol. The number of hydrogen-bond acceptors (Lipinski definition) is 6. The Balaban J connectivity index is 1.66. The van der Waals surface area contributed by atoms with Crippen LogP contribution in [0.3, 0.4) is 0 Å². The number of benzene rings is 1. The largest absolute Gasteiger partial charge is 0.482 e. The fraction of sp³-hybridized carbons (Fsp3) is 0.385. The van der Waals surface area contributed by atoms with Crippen LogP contribution in [0.25, 0.3) is 21.5 Å². The van der Waals surface area contributed by atoms with Crippen LogP contribution in [0.2, 0.25) is 0 Å². The van der Waals surface area contributed by atoms with E-state index in [0.29, 0.717) is 37.3 Å². The van der Waals surface area contributed by atoms with Gasteiger partial charge < -0.3 is 9.64 Å². The van der Waals surface area contributed by atoms with Crippen LogP contribution in [-0.2, 0) is 18.4 Å². The van der Waals surface area contributed by atoms with Crippen LogP contribution in [0.15, 0.2) is 45.3 Å². The highest BCUT2D eigenvalue weighted by Gasteiger charge is 2.26. The summed E-state index contributed by atoms with van der Waals surface area (Å²) in [7, 11) is 1.71. The molecule has 3 aromatic heterocycles. The molecule has 1 aromatic carbocycles. The Kier molecular flexibility index (Phi) is 7.60. The standard InChI is InChI=1S/C26H26F3N5O4S/c1-31-17(9-21(30-31)24-3-2-8-39-24)14-33-25(36)19-10-23(38-18(12-27)13-28)20(29)11-22(19)34(26(33)37)16-4-6-32(15-35)7-5-16/h2-3,8-11,15-16,18H,4-7,12-14H2,1H3. The first-order chi connectivity index (χ1) is 18.8. The zero-order valence-corrected chi connectivity index (χ0v) is 21.9. The molecule has 1 aliphatic rings. The van der Waals surface area contributed by atoms with E-state index in [1.54, 1.807) is 22.7 Å². The van der Waals surface area contributed by atoms with Crippen molar-refractivity contribution < 1.29 is 22.7 Å². The van der Waals surface area contributed by atoms with E-state index in [2.05, 4.69) is 5.10 Å². The number of ether oxygens (including phenoxy) is 1. The SMILES string of the molecule is Cn1nc(-c2cccs2)cc1Cn1c(=O)c2cc(OC(CF)CF)c(F)cc2n(C2CCN(C=O)CC2)c1=O. The van der Waals surface area contributed by atoms with Crippen LogP contribution in [-0.4, -0.2) is 62.8 Å². The van der Waals surface area contributed by atoms with Crippen LogP contribution in [0.4, 0.5) is 13.2 Å². The van der Waals surface area contributed by atoms with Gasteiger partial charge in [-0.1, -0.05) is 6.07 Å². The minimum Gasteiger partial charge on any atom is -0.482 e. The Labute approximate surface area is 224 Å². The topological polar surface area (TPSA) is 91.4 Å². The fourth-order valence-corrected chi connectivity index (χ4v) is 5.54. The molecule has 39 heavy (non-hydrogen) atoms. The van der Waals surface area contributed by atoms with Crippen molar-refractivity contribution in [2.24, 2.45) is 7.05 Å². The third kappa shape index (κ3) is 5.10. The molecule has 1 aliphatic heterocycles. The first-order valence-electron chi connectivity index (χ1n) is 12.4. The maximum atomic E-state index is 15.1. The van der Waals surface area contributed by atoms with Crippen LogP contribution >= 0.6 is 11.3 Å². The molecule has 1 fully saturated rings. The fourth-order valence-electron chi connectivity index (χ4n) is 4.86. The maximum absolute atomic E-state index is 15.1. The monoisotopic (exact) mass is 561 g/mol. The summed E-state index contributed by atoms with van der Waals surface area (Å²) in [5.74, 6) is -1.43. The molecule has 5 rings (SSSR count). The third-order valence-corrected chi connectivity index (χ3v) is 7.84. The molecule has 9 nitrogen and oxygen atoms in total. The molecule has 0 atom stereocenters. The van der Waals surface area contributed by atoms with Crippen molar-refractivity contribution in [3.63, 3.8) is 0 Å². The zero-order valence-electron chi connectivity index (χ0n) is 21.1. The van der Waals surface area contributed by atoms with E-state index in [1.807, 2.05) is 17.5 Å². The van der Waals surface area contributed by atoms with Crippen molar-refractivity contribution in [1.82, 2.24) is 23.8 Å². The summed E-state index contributed by atoms with van der Waals surface area (Å²) in [6, 6.07) is 7.28. The van der Waals surface area contributed by atoms with Gasteiger partial charge in [0.05, 0.1) is 28.0 Å². The van der Waals surface area contributed by atoms with Crippen molar-refractivity contribution in [1.29, 1.82) is 0 Å². The highest BCUT2D eigenvalue weighted by Crippen LogP contribution is 2.29. The summed E-state index contributed by atoms with van der Waals surface area (Å²) in [5, 5.41) is 6.39. The van der Waals surface area contributed by atoms with Crippen LogP contribution < -0.4 is 16.0 Å². The lowest BCUT2D eigenvalue weighted by atomic mass is 10.0. The van der Waals surface area contributed by atoms with Gasteiger partial charge in [0.15, 0.2) is 17.7 Å². The Bertz CT molecular complexity index is 1600. The van der Waals surface area contributed by atoms with Gasteiger partial charge >= 0.3 is 5.69 Å². The number of aromatic nitrogens is 4. The van der Waals surface area contributed by atoms with Gasteiger partial charge in [-0.2, -0.15) is 5.10 Å². The zero-order chi connectivity index (χ0) is 27.7. The van der Waals surface area contributed by atoms with Crippen LogP contribution in [0.1, 0.15) is 24.6 Å². The number of alkyl halides is 2. The molecule has 206 valence electrons. The first kappa shape index (κ1) is 26.7. The number of carbonyl (C=O) groups excluding carboxylic acids is 1. The van der Waals surface area contributed by atoms with E-state index >= 15 is 4.39 Å². The van der Waals surface area contributed by atoms with Gasteiger partial charge in [-0.15, -0.1) is 11.3 Å². The van der Waals surface area contributed by atoms with Gasteiger partial charge in [-0.25, -0.2) is 18.0 Å². The highest BCUT2D eigenvalue weighted by atomic mass is 32.1. The van der Waals surface area contributed by atoms with Gasteiger partial charge in [0, 0.05) is 32.2 Å². The molecular formula is C26H26F3N5O4S. The Morgan fingerprint density at radius 1 is 1.18 bits per heavy atom. The Hall–Kier alpha value is -3.87. The molecule has 0 aliphatic carbocycles. The number of nitrogens with zero attached hydrogens (tertiary/aromatic N) is 5. The lowest BCUT2D eigenvalue weighted by Crippen LogP contribution is -2.44. The van der Waals surface area contributed by atoms with Crippen molar-refractivity contribution in [2.75, 3.05) is 26.4 Å². The van der Waals surface area contributed by atoms with E-state index in [-0.39, 0.29) is 17.4 Å². The minimum absolute atomic E-state index is 0.0269. The molecule has 1 amide bonds. The number of amides is 1. The van der Waals surface area contributed by atoms with Gasteiger partial charge in [0.1, 0.15) is 19.0 Å². The predicted octanol–water partition coefficient (Wildman–Crippen LogP) is 3.29. The lowest BCUT2D eigenvalue weighted by molar-refractivity contribution is -0.119. The Morgan fingerprint density at radius 3 is 2.56 bits per heavy atom. The molecule has 0 N–H and O–H groups in total. The number of aryl methyl sites for hydroxylation is 1. The summed E-state index contributed by atoms with van der Waals surface area (Å²) < 4.78 is 50.4.